The van der Waals surface area contributed by atoms with Crippen LogP contribution < -0.4 is 0 Å². The van der Waals surface area contributed by atoms with Crippen LogP contribution in [-0.4, -0.2) is 49.1 Å². The van der Waals surface area contributed by atoms with Gasteiger partial charge in [-0.15, -0.1) is 0 Å². The van der Waals surface area contributed by atoms with E-state index in [1.54, 1.807) is 12.1 Å². The molecule has 0 aromatic heterocycles. The number of benzene rings is 1. The second-order valence-corrected chi connectivity index (χ2v) is 8.64. The van der Waals surface area contributed by atoms with Crippen molar-refractivity contribution in [3.8, 4) is 0 Å². The molecular weight excluding hydrogens is 330 g/mol. The van der Waals surface area contributed by atoms with Crippen LogP contribution in [0.5, 0.6) is 0 Å². The van der Waals surface area contributed by atoms with Crippen molar-refractivity contribution in [2.45, 2.75) is 51.2 Å². The molecule has 1 saturated heterocycles. The van der Waals surface area contributed by atoms with Gasteiger partial charge in [-0.2, -0.15) is 4.31 Å². The van der Waals surface area contributed by atoms with E-state index in [0.29, 0.717) is 0 Å². The molecule has 6 nitrogen and oxygen atoms in total. The number of aliphatic hydroxyl groups excluding tert-OH is 1. The van der Waals surface area contributed by atoms with E-state index in [9.17, 15) is 18.3 Å². The van der Waals surface area contributed by atoms with Gasteiger partial charge in [-0.05, 0) is 43.0 Å². The first-order valence-corrected chi connectivity index (χ1v) is 9.50. The summed E-state index contributed by atoms with van der Waals surface area (Å²) < 4.78 is 32.1. The van der Waals surface area contributed by atoms with Crippen molar-refractivity contribution in [2.24, 2.45) is 5.92 Å². The fourth-order valence-corrected chi connectivity index (χ4v) is 4.33. The van der Waals surface area contributed by atoms with E-state index in [1.807, 2.05) is 27.7 Å². The van der Waals surface area contributed by atoms with Crippen LogP contribution in [0.15, 0.2) is 23.1 Å². The standard InChI is InChI=1S/C17H25NO5S/c1-11(2)10-23-17(20)16-8-14(19)9-18(16)24(21,22)15-6-5-12(3)13(4)7-15/h5-7,11,14,16,19H,8-10H2,1-4H3/t14?,16-/m0/s1. The molecule has 1 aliphatic heterocycles. The molecule has 0 radical (unpaired) electrons. The summed E-state index contributed by atoms with van der Waals surface area (Å²) in [6, 6.07) is 3.87. The summed E-state index contributed by atoms with van der Waals surface area (Å²) in [5, 5.41) is 9.89. The van der Waals surface area contributed by atoms with Crippen LogP contribution in [0, 0.1) is 19.8 Å². The van der Waals surface area contributed by atoms with E-state index >= 15 is 0 Å². The van der Waals surface area contributed by atoms with Gasteiger partial charge in [0, 0.05) is 13.0 Å². The SMILES string of the molecule is Cc1ccc(S(=O)(=O)N2CC(O)C[C@H]2C(=O)OCC(C)C)cc1C. The molecule has 1 aliphatic rings. The van der Waals surface area contributed by atoms with Crippen molar-refractivity contribution in [3.63, 3.8) is 0 Å². The first-order chi connectivity index (χ1) is 11.1. The van der Waals surface area contributed by atoms with Crippen LogP contribution in [0.4, 0.5) is 0 Å². The molecule has 1 unspecified atom stereocenters. The molecule has 134 valence electrons. The van der Waals surface area contributed by atoms with E-state index in [0.717, 1.165) is 15.4 Å². The number of β-amino-alcohol motifs (C(OH)–C–C–N with tert-alkyl or cyclic N) is 1. The minimum atomic E-state index is -3.87. The van der Waals surface area contributed by atoms with Gasteiger partial charge in [-0.25, -0.2) is 8.42 Å². The van der Waals surface area contributed by atoms with Gasteiger partial charge < -0.3 is 9.84 Å². The summed E-state index contributed by atoms with van der Waals surface area (Å²) in [6.07, 6.45) is -0.816. The third-order valence-electron chi connectivity index (χ3n) is 4.15. The lowest BCUT2D eigenvalue weighted by Crippen LogP contribution is -2.41. The van der Waals surface area contributed by atoms with E-state index < -0.39 is 28.1 Å². The van der Waals surface area contributed by atoms with Gasteiger partial charge >= 0.3 is 5.97 Å². The molecule has 1 N–H and O–H groups in total. The third-order valence-corrected chi connectivity index (χ3v) is 6.02. The maximum absolute atomic E-state index is 12.9. The first kappa shape index (κ1) is 18.9. The smallest absolute Gasteiger partial charge is 0.324 e. The Hall–Kier alpha value is -1.44. The molecule has 24 heavy (non-hydrogen) atoms. The topological polar surface area (TPSA) is 83.9 Å². The van der Waals surface area contributed by atoms with Crippen molar-refractivity contribution in [1.29, 1.82) is 0 Å². The fraction of sp³-hybridized carbons (Fsp3) is 0.588. The Kier molecular flexibility index (Phi) is 5.67. The van der Waals surface area contributed by atoms with Crippen LogP contribution in [-0.2, 0) is 19.6 Å². The zero-order valence-corrected chi connectivity index (χ0v) is 15.3. The van der Waals surface area contributed by atoms with Gasteiger partial charge in [0.05, 0.1) is 17.6 Å². The largest absolute Gasteiger partial charge is 0.464 e. The number of aryl methyl sites for hydroxylation is 2. The van der Waals surface area contributed by atoms with Crippen LogP contribution in [0.1, 0.15) is 31.4 Å². The molecular formula is C17H25NO5S. The molecule has 1 fully saturated rings. The monoisotopic (exact) mass is 355 g/mol. The van der Waals surface area contributed by atoms with Gasteiger partial charge in [0.25, 0.3) is 0 Å². The zero-order valence-electron chi connectivity index (χ0n) is 14.5. The molecule has 2 rings (SSSR count). The summed E-state index contributed by atoms with van der Waals surface area (Å²) in [7, 11) is -3.87. The van der Waals surface area contributed by atoms with Crippen molar-refractivity contribution < 1.29 is 23.1 Å². The summed E-state index contributed by atoms with van der Waals surface area (Å²) in [5.74, 6) is -0.447. The quantitative estimate of drug-likeness (QED) is 0.812. The van der Waals surface area contributed by atoms with E-state index in [-0.39, 0.29) is 30.4 Å². The summed E-state index contributed by atoms with van der Waals surface area (Å²) in [4.78, 5) is 12.4. The Morgan fingerprint density at radius 2 is 2.00 bits per heavy atom. The summed E-state index contributed by atoms with van der Waals surface area (Å²) in [5.41, 5.74) is 1.85. The number of carbonyl (C=O) groups excluding carboxylic acids is 1. The van der Waals surface area contributed by atoms with Crippen molar-refractivity contribution in [3.05, 3.63) is 29.3 Å². The Labute approximate surface area is 143 Å². The molecule has 0 saturated carbocycles. The highest BCUT2D eigenvalue weighted by molar-refractivity contribution is 7.89. The normalized spacial score (nSPS) is 22.1. The van der Waals surface area contributed by atoms with E-state index in [1.165, 1.54) is 6.07 Å². The lowest BCUT2D eigenvalue weighted by atomic mass is 10.1. The Balaban J connectivity index is 2.29. The molecule has 1 aromatic carbocycles. The Morgan fingerprint density at radius 1 is 1.33 bits per heavy atom. The minimum Gasteiger partial charge on any atom is -0.464 e. The summed E-state index contributed by atoms with van der Waals surface area (Å²) >= 11 is 0. The number of rotatable bonds is 5. The maximum Gasteiger partial charge on any atom is 0.324 e. The molecule has 0 spiro atoms. The second-order valence-electron chi connectivity index (χ2n) is 6.75. The number of hydrogen-bond donors (Lipinski definition) is 1. The van der Waals surface area contributed by atoms with Crippen molar-refractivity contribution >= 4 is 16.0 Å². The predicted octanol–water partition coefficient (Wildman–Crippen LogP) is 1.63. The van der Waals surface area contributed by atoms with Gasteiger partial charge in [-0.1, -0.05) is 19.9 Å². The average Bonchev–Trinajstić information content (AvgIpc) is 2.90. The second kappa shape index (κ2) is 7.21. The Bertz CT molecular complexity index is 714. The number of hydrogen-bond acceptors (Lipinski definition) is 5. The molecule has 0 amide bonds. The third kappa shape index (κ3) is 3.96. The highest BCUT2D eigenvalue weighted by atomic mass is 32.2. The van der Waals surface area contributed by atoms with Gasteiger partial charge in [-0.3, -0.25) is 4.79 Å². The van der Waals surface area contributed by atoms with E-state index in [4.69, 9.17) is 4.74 Å². The number of carbonyl (C=O) groups is 1. The highest BCUT2D eigenvalue weighted by Gasteiger charge is 2.44. The van der Waals surface area contributed by atoms with E-state index in [2.05, 4.69) is 0 Å². The first-order valence-electron chi connectivity index (χ1n) is 8.06. The lowest BCUT2D eigenvalue weighted by Gasteiger charge is -2.23. The molecule has 2 atom stereocenters. The maximum atomic E-state index is 12.9. The molecule has 0 bridgehead atoms. The predicted molar refractivity (Wildman–Crippen MR) is 90.0 cm³/mol. The number of nitrogens with zero attached hydrogens (tertiary/aromatic N) is 1. The number of ether oxygens (including phenoxy) is 1. The Morgan fingerprint density at radius 3 is 2.58 bits per heavy atom. The number of sulfonamides is 1. The van der Waals surface area contributed by atoms with Gasteiger partial charge in [0.15, 0.2) is 0 Å². The van der Waals surface area contributed by atoms with Crippen LogP contribution in [0.25, 0.3) is 0 Å². The minimum absolute atomic E-state index is 0.0565. The molecule has 0 aliphatic carbocycles. The molecule has 7 heteroatoms. The fourth-order valence-electron chi connectivity index (χ4n) is 2.62. The molecule has 1 heterocycles. The highest BCUT2D eigenvalue weighted by Crippen LogP contribution is 2.28. The van der Waals surface area contributed by atoms with Crippen LogP contribution in [0.2, 0.25) is 0 Å². The van der Waals surface area contributed by atoms with Crippen LogP contribution in [0.3, 0.4) is 0 Å². The van der Waals surface area contributed by atoms with Gasteiger partial charge in [0.2, 0.25) is 10.0 Å². The van der Waals surface area contributed by atoms with Crippen LogP contribution >= 0.6 is 0 Å². The lowest BCUT2D eigenvalue weighted by molar-refractivity contribution is -0.148. The zero-order chi connectivity index (χ0) is 18.1. The average molecular weight is 355 g/mol. The van der Waals surface area contributed by atoms with Crippen molar-refractivity contribution in [2.75, 3.05) is 13.2 Å². The summed E-state index contributed by atoms with van der Waals surface area (Å²) in [6.45, 7) is 7.67. The van der Waals surface area contributed by atoms with Crippen molar-refractivity contribution in [1.82, 2.24) is 4.31 Å². The van der Waals surface area contributed by atoms with Gasteiger partial charge in [0.1, 0.15) is 6.04 Å². The number of aliphatic hydroxyl groups is 1. The molecule has 1 aromatic rings. The number of esters is 1.